The summed E-state index contributed by atoms with van der Waals surface area (Å²) < 4.78 is 0. The van der Waals surface area contributed by atoms with Crippen LogP contribution in [0.3, 0.4) is 0 Å². The fraction of sp³-hybridized carbons (Fsp3) is 0.857. The van der Waals surface area contributed by atoms with Gasteiger partial charge in [-0.1, -0.05) is 12.8 Å². The number of nitrogens with two attached hydrogens (primary N) is 1. The van der Waals surface area contributed by atoms with E-state index in [0.29, 0.717) is 13.1 Å². The molecule has 2 aliphatic carbocycles. The fourth-order valence-electron chi connectivity index (χ4n) is 2.77. The van der Waals surface area contributed by atoms with Gasteiger partial charge in [0.25, 0.3) is 0 Å². The van der Waals surface area contributed by atoms with Crippen LogP contribution in [0.2, 0.25) is 0 Å². The van der Waals surface area contributed by atoms with Gasteiger partial charge in [0.05, 0.1) is 5.92 Å². The summed E-state index contributed by atoms with van der Waals surface area (Å²) in [4.78, 5) is 23.5. The van der Waals surface area contributed by atoms with Gasteiger partial charge in [0, 0.05) is 24.5 Å². The van der Waals surface area contributed by atoms with E-state index in [9.17, 15) is 9.59 Å². The van der Waals surface area contributed by atoms with Crippen molar-refractivity contribution < 1.29 is 9.59 Å². The molecular formula is C14H26ClN3O2. The molecular weight excluding hydrogens is 278 g/mol. The number of nitrogens with one attached hydrogen (secondary N) is 2. The normalized spacial score (nSPS) is 29.2. The maximum absolute atomic E-state index is 12.1. The number of hydrogen-bond donors (Lipinski definition) is 3. The minimum absolute atomic E-state index is 0. The number of amides is 2. The van der Waals surface area contributed by atoms with Crippen LogP contribution in [-0.2, 0) is 9.59 Å². The number of rotatable bonds is 5. The first-order valence-electron chi connectivity index (χ1n) is 7.35. The molecule has 2 aliphatic rings. The second kappa shape index (κ2) is 7.27. The van der Waals surface area contributed by atoms with E-state index in [4.69, 9.17) is 5.73 Å². The summed E-state index contributed by atoms with van der Waals surface area (Å²) in [6, 6.07) is 0. The van der Waals surface area contributed by atoms with E-state index >= 15 is 0 Å². The Balaban J connectivity index is 0.00000200. The first-order chi connectivity index (χ1) is 9.00. The summed E-state index contributed by atoms with van der Waals surface area (Å²) in [6.07, 6.45) is 5.96. The Hall–Kier alpha value is -0.810. The summed E-state index contributed by atoms with van der Waals surface area (Å²) in [5.74, 6) is 0.280. The Morgan fingerprint density at radius 3 is 2.25 bits per heavy atom. The molecule has 0 bridgehead atoms. The zero-order chi connectivity index (χ0) is 13.9. The second-order valence-electron chi connectivity index (χ2n) is 6.16. The SMILES string of the molecule is CC1(N)CCCCC1C(=O)NCCNC(=O)C1CC1.Cl. The number of carbonyl (C=O) groups is 2. The van der Waals surface area contributed by atoms with Gasteiger partial charge in [0.2, 0.25) is 11.8 Å². The molecule has 2 amide bonds. The lowest BCUT2D eigenvalue weighted by Gasteiger charge is -2.37. The fourth-order valence-corrected chi connectivity index (χ4v) is 2.77. The van der Waals surface area contributed by atoms with Crippen LogP contribution >= 0.6 is 12.4 Å². The third-order valence-electron chi connectivity index (χ3n) is 4.24. The van der Waals surface area contributed by atoms with Crippen LogP contribution in [0.4, 0.5) is 0 Å². The average Bonchev–Trinajstić information content (AvgIpc) is 3.17. The van der Waals surface area contributed by atoms with Crippen molar-refractivity contribution in [3.05, 3.63) is 0 Å². The molecule has 2 unspecified atom stereocenters. The highest BCUT2D eigenvalue weighted by Crippen LogP contribution is 2.31. The quantitative estimate of drug-likeness (QED) is 0.661. The minimum Gasteiger partial charge on any atom is -0.354 e. The summed E-state index contributed by atoms with van der Waals surface area (Å²) >= 11 is 0. The van der Waals surface area contributed by atoms with Gasteiger partial charge in [-0.25, -0.2) is 0 Å². The topological polar surface area (TPSA) is 84.2 Å². The zero-order valence-corrected chi connectivity index (χ0v) is 12.9. The molecule has 2 rings (SSSR count). The van der Waals surface area contributed by atoms with Gasteiger partial charge in [-0.2, -0.15) is 0 Å². The van der Waals surface area contributed by atoms with Gasteiger partial charge < -0.3 is 16.4 Å². The Morgan fingerprint density at radius 1 is 1.10 bits per heavy atom. The second-order valence-corrected chi connectivity index (χ2v) is 6.16. The maximum atomic E-state index is 12.1. The molecule has 0 aromatic rings. The summed E-state index contributed by atoms with van der Waals surface area (Å²) in [5, 5.41) is 5.73. The minimum atomic E-state index is -0.389. The Bertz CT molecular complexity index is 356. The third-order valence-corrected chi connectivity index (χ3v) is 4.24. The standard InChI is InChI=1S/C14H25N3O2.ClH/c1-14(15)7-3-2-4-11(14)13(19)17-9-8-16-12(18)10-5-6-10;/h10-11H,2-9,15H2,1H3,(H,16,18)(H,17,19);1H. The molecule has 0 aromatic carbocycles. The van der Waals surface area contributed by atoms with Gasteiger partial charge in [-0.05, 0) is 32.6 Å². The maximum Gasteiger partial charge on any atom is 0.225 e. The Labute approximate surface area is 126 Å². The van der Waals surface area contributed by atoms with Crippen molar-refractivity contribution in [1.82, 2.24) is 10.6 Å². The lowest BCUT2D eigenvalue weighted by atomic mass is 9.74. The highest BCUT2D eigenvalue weighted by molar-refractivity contribution is 5.85. The lowest BCUT2D eigenvalue weighted by molar-refractivity contribution is -0.128. The molecule has 0 spiro atoms. The van der Waals surface area contributed by atoms with Crippen LogP contribution in [-0.4, -0.2) is 30.4 Å². The van der Waals surface area contributed by atoms with E-state index in [-0.39, 0.29) is 41.6 Å². The first-order valence-corrected chi connectivity index (χ1v) is 7.35. The van der Waals surface area contributed by atoms with E-state index in [1.807, 2.05) is 6.92 Å². The van der Waals surface area contributed by atoms with E-state index < -0.39 is 0 Å². The van der Waals surface area contributed by atoms with Crippen LogP contribution in [0, 0.1) is 11.8 Å². The van der Waals surface area contributed by atoms with Crippen LogP contribution in [0.1, 0.15) is 45.4 Å². The van der Waals surface area contributed by atoms with Crippen molar-refractivity contribution in [1.29, 1.82) is 0 Å². The average molecular weight is 304 g/mol. The molecule has 6 heteroatoms. The van der Waals surface area contributed by atoms with Crippen molar-refractivity contribution in [2.45, 2.75) is 51.0 Å². The smallest absolute Gasteiger partial charge is 0.225 e. The van der Waals surface area contributed by atoms with Crippen LogP contribution in [0.15, 0.2) is 0 Å². The van der Waals surface area contributed by atoms with Crippen molar-refractivity contribution >= 4 is 24.2 Å². The number of carbonyl (C=O) groups excluding carboxylic acids is 2. The van der Waals surface area contributed by atoms with E-state index in [2.05, 4.69) is 10.6 Å². The highest BCUT2D eigenvalue weighted by Gasteiger charge is 2.37. The molecule has 4 N–H and O–H groups in total. The van der Waals surface area contributed by atoms with Crippen LogP contribution in [0.5, 0.6) is 0 Å². The molecule has 2 saturated carbocycles. The Kier molecular flexibility index (Phi) is 6.27. The van der Waals surface area contributed by atoms with Gasteiger partial charge in [-0.15, -0.1) is 12.4 Å². The van der Waals surface area contributed by atoms with Crippen molar-refractivity contribution in [3.63, 3.8) is 0 Å². The molecule has 0 aromatic heterocycles. The highest BCUT2D eigenvalue weighted by atomic mass is 35.5. The van der Waals surface area contributed by atoms with Crippen molar-refractivity contribution in [3.8, 4) is 0 Å². The first kappa shape index (κ1) is 17.2. The van der Waals surface area contributed by atoms with Gasteiger partial charge in [0.1, 0.15) is 0 Å². The van der Waals surface area contributed by atoms with E-state index in [1.165, 1.54) is 0 Å². The molecule has 0 aliphatic heterocycles. The van der Waals surface area contributed by atoms with Crippen molar-refractivity contribution in [2.24, 2.45) is 17.6 Å². The predicted molar refractivity (Wildman–Crippen MR) is 80.5 cm³/mol. The van der Waals surface area contributed by atoms with E-state index in [0.717, 1.165) is 38.5 Å². The third kappa shape index (κ3) is 4.63. The molecule has 0 heterocycles. The van der Waals surface area contributed by atoms with Crippen LogP contribution < -0.4 is 16.4 Å². The molecule has 5 nitrogen and oxygen atoms in total. The molecule has 0 radical (unpaired) electrons. The van der Waals surface area contributed by atoms with Crippen molar-refractivity contribution in [2.75, 3.05) is 13.1 Å². The Morgan fingerprint density at radius 2 is 1.70 bits per heavy atom. The van der Waals surface area contributed by atoms with Gasteiger partial charge >= 0.3 is 0 Å². The molecule has 2 fully saturated rings. The van der Waals surface area contributed by atoms with Crippen LogP contribution in [0.25, 0.3) is 0 Å². The van der Waals surface area contributed by atoms with E-state index in [1.54, 1.807) is 0 Å². The molecule has 116 valence electrons. The summed E-state index contributed by atoms with van der Waals surface area (Å²) in [6.45, 7) is 2.96. The largest absolute Gasteiger partial charge is 0.354 e. The summed E-state index contributed by atoms with van der Waals surface area (Å²) in [7, 11) is 0. The predicted octanol–water partition coefficient (Wildman–Crippen LogP) is 0.958. The monoisotopic (exact) mass is 303 g/mol. The molecule has 20 heavy (non-hydrogen) atoms. The lowest BCUT2D eigenvalue weighted by Crippen LogP contribution is -2.53. The number of halogens is 1. The van der Waals surface area contributed by atoms with Gasteiger partial charge in [0.15, 0.2) is 0 Å². The number of hydrogen-bond acceptors (Lipinski definition) is 3. The summed E-state index contributed by atoms with van der Waals surface area (Å²) in [5.41, 5.74) is 5.80. The molecule has 2 atom stereocenters. The zero-order valence-electron chi connectivity index (χ0n) is 12.1. The van der Waals surface area contributed by atoms with Gasteiger partial charge in [-0.3, -0.25) is 9.59 Å². The molecule has 0 saturated heterocycles.